The number of benzene rings is 2. The van der Waals surface area contributed by atoms with E-state index in [0.717, 1.165) is 12.0 Å². The molecule has 2 aliphatic rings. The number of carbonyl (C=O) groups excluding carboxylic acids is 1. The number of aromatic nitrogens is 3. The molecule has 1 saturated heterocycles. The third-order valence-electron chi connectivity index (χ3n) is 8.13. The summed E-state index contributed by atoms with van der Waals surface area (Å²) in [4.78, 5) is 17.5. The summed E-state index contributed by atoms with van der Waals surface area (Å²) in [5.74, 6) is 1.71. The van der Waals surface area contributed by atoms with Gasteiger partial charge in [0.15, 0.2) is 5.25 Å². The van der Waals surface area contributed by atoms with Gasteiger partial charge in [0.2, 0.25) is 12.4 Å². The molecular formula is C31H31FN4O6S. The fourth-order valence-electron chi connectivity index (χ4n) is 5.89. The maximum absolute atomic E-state index is 15.0. The van der Waals surface area contributed by atoms with Gasteiger partial charge < -0.3 is 28.4 Å². The van der Waals surface area contributed by atoms with Crippen molar-refractivity contribution >= 4 is 17.6 Å². The van der Waals surface area contributed by atoms with E-state index in [1.54, 1.807) is 54.1 Å². The van der Waals surface area contributed by atoms with Gasteiger partial charge in [0.1, 0.15) is 41.1 Å². The van der Waals surface area contributed by atoms with Crippen LogP contribution in [0.1, 0.15) is 30.4 Å². The Labute approximate surface area is 251 Å². The first kappa shape index (κ1) is 28.8. The second-order valence-electron chi connectivity index (χ2n) is 10.8. The molecule has 6 rings (SSSR count). The van der Waals surface area contributed by atoms with Crippen LogP contribution < -0.4 is 18.9 Å². The second kappa shape index (κ2) is 11.1. The maximum Gasteiger partial charge on any atom is 0.220 e. The van der Waals surface area contributed by atoms with E-state index in [0.29, 0.717) is 63.5 Å². The summed E-state index contributed by atoms with van der Waals surface area (Å²) in [6.07, 6.45) is 2.18. The van der Waals surface area contributed by atoms with E-state index in [1.807, 2.05) is 26.0 Å². The lowest BCUT2D eigenvalue weighted by molar-refractivity contribution is -0.123. The van der Waals surface area contributed by atoms with Gasteiger partial charge in [-0.15, -0.1) is 0 Å². The summed E-state index contributed by atoms with van der Waals surface area (Å²) >= 11 is -1.33. The van der Waals surface area contributed by atoms with Crippen molar-refractivity contribution < 1.29 is 32.7 Å². The Balaban J connectivity index is 1.65. The number of methoxy groups -OCH3 is 3. The van der Waals surface area contributed by atoms with Gasteiger partial charge in [0, 0.05) is 52.7 Å². The van der Waals surface area contributed by atoms with E-state index in [1.165, 1.54) is 13.3 Å². The van der Waals surface area contributed by atoms with Crippen molar-refractivity contribution in [3.63, 3.8) is 0 Å². The zero-order chi connectivity index (χ0) is 30.5. The number of amides is 1. The summed E-state index contributed by atoms with van der Waals surface area (Å²) < 4.78 is 53.4. The molecule has 224 valence electrons. The number of hydrogen-bond donors (Lipinski definition) is 0. The molecule has 4 heterocycles. The number of carbonyl (C=O) groups is 1. The highest BCUT2D eigenvalue weighted by atomic mass is 32.2. The molecule has 12 heteroatoms. The Morgan fingerprint density at radius 2 is 1.81 bits per heavy atom. The number of fused-ring (bicyclic) bond motifs is 3. The van der Waals surface area contributed by atoms with Crippen LogP contribution in [0, 0.1) is 5.95 Å². The van der Waals surface area contributed by atoms with E-state index >= 15 is 0 Å². The molecule has 0 N–H and O–H groups in total. The van der Waals surface area contributed by atoms with Crippen LogP contribution in [-0.2, 0) is 22.6 Å². The number of nitrogens with zero attached hydrogens (tertiary/aromatic N) is 4. The van der Waals surface area contributed by atoms with Crippen LogP contribution in [0.4, 0.5) is 4.39 Å². The average Bonchev–Trinajstić information content (AvgIpc) is 3.39. The largest absolute Gasteiger partial charge is 0.616 e. The number of hydrogen-bond acceptors (Lipinski definition) is 8. The summed E-state index contributed by atoms with van der Waals surface area (Å²) in [6, 6.07) is 12.2. The molecule has 2 aromatic carbocycles. The van der Waals surface area contributed by atoms with Crippen molar-refractivity contribution in [3.05, 3.63) is 65.9 Å². The number of ether oxygens (including phenoxy) is 4. The van der Waals surface area contributed by atoms with E-state index in [-0.39, 0.29) is 12.2 Å². The summed E-state index contributed by atoms with van der Waals surface area (Å²) in [7, 11) is 4.64. The van der Waals surface area contributed by atoms with Gasteiger partial charge in [-0.1, -0.05) is 0 Å². The van der Waals surface area contributed by atoms with E-state index in [4.69, 9.17) is 24.0 Å². The third-order valence-corrected chi connectivity index (χ3v) is 10.0. The second-order valence-corrected chi connectivity index (χ2v) is 12.4. The first-order valence-corrected chi connectivity index (χ1v) is 15.0. The monoisotopic (exact) mass is 606 g/mol. The van der Waals surface area contributed by atoms with Crippen LogP contribution in [0.25, 0.3) is 28.1 Å². The Morgan fingerprint density at radius 3 is 2.47 bits per heavy atom. The standard InChI is InChI=1S/C31H31FN4O6S/c1-31(2)29(43(38)10-9-35(31)17-37)27-24-16-42-26-15-25(41-5)22(21-7-6-8-33-30(21)32)14-23(26)28(24)36(34-27)18-11-19(39-3)13-20(12-18)40-4/h6-8,11-15,17,29H,9-10,16H2,1-5H3. The van der Waals surface area contributed by atoms with Crippen molar-refractivity contribution in [2.24, 2.45) is 0 Å². The molecule has 4 aromatic rings. The Kier molecular flexibility index (Phi) is 7.43. The average molecular weight is 607 g/mol. The molecule has 0 spiro atoms. The van der Waals surface area contributed by atoms with Crippen LogP contribution in [-0.4, -0.2) is 69.8 Å². The zero-order valence-electron chi connectivity index (χ0n) is 24.4. The SMILES string of the molecule is COc1cc(OC)cc(-n2nc(C3[S+]([O-])CCN(C=O)C3(C)C)c3c2-c2cc(-c4cccnc4F)c(OC)cc2OC3)c1. The Bertz CT molecular complexity index is 1690. The zero-order valence-corrected chi connectivity index (χ0v) is 25.2. The lowest BCUT2D eigenvalue weighted by atomic mass is 9.91. The highest BCUT2D eigenvalue weighted by molar-refractivity contribution is 7.91. The molecule has 0 saturated carbocycles. The molecule has 10 nitrogen and oxygen atoms in total. The van der Waals surface area contributed by atoms with E-state index in [2.05, 4.69) is 4.98 Å². The highest BCUT2D eigenvalue weighted by Gasteiger charge is 2.51. The van der Waals surface area contributed by atoms with Gasteiger partial charge in [-0.2, -0.15) is 9.49 Å². The summed E-state index contributed by atoms with van der Waals surface area (Å²) in [5, 5.41) is 4.48. The predicted octanol–water partition coefficient (Wildman–Crippen LogP) is 4.70. The molecule has 2 aliphatic heterocycles. The lowest BCUT2D eigenvalue weighted by Gasteiger charge is -2.45. The molecule has 43 heavy (non-hydrogen) atoms. The van der Waals surface area contributed by atoms with Gasteiger partial charge in [-0.25, -0.2) is 9.67 Å². The van der Waals surface area contributed by atoms with Crippen molar-refractivity contribution in [2.45, 2.75) is 31.2 Å². The van der Waals surface area contributed by atoms with Gasteiger partial charge in [0.25, 0.3) is 0 Å². The molecule has 2 unspecified atom stereocenters. The number of rotatable bonds is 7. The first-order valence-electron chi connectivity index (χ1n) is 13.6. The smallest absolute Gasteiger partial charge is 0.220 e. The van der Waals surface area contributed by atoms with Crippen LogP contribution in [0.3, 0.4) is 0 Å². The molecule has 1 amide bonds. The molecule has 0 radical (unpaired) electrons. The number of pyridine rings is 1. The van der Waals surface area contributed by atoms with Crippen molar-refractivity contribution in [2.75, 3.05) is 33.6 Å². The molecular weight excluding hydrogens is 575 g/mol. The minimum Gasteiger partial charge on any atom is -0.616 e. The highest BCUT2D eigenvalue weighted by Crippen LogP contribution is 2.50. The van der Waals surface area contributed by atoms with Gasteiger partial charge in [-0.3, -0.25) is 4.79 Å². The molecule has 0 aliphatic carbocycles. The van der Waals surface area contributed by atoms with Gasteiger partial charge >= 0.3 is 0 Å². The van der Waals surface area contributed by atoms with Crippen LogP contribution >= 0.6 is 0 Å². The molecule has 0 bridgehead atoms. The van der Waals surface area contributed by atoms with Crippen molar-refractivity contribution in [3.8, 4) is 51.1 Å². The first-order chi connectivity index (χ1) is 20.7. The van der Waals surface area contributed by atoms with Crippen molar-refractivity contribution in [1.82, 2.24) is 19.7 Å². The minimum absolute atomic E-state index is 0.132. The predicted molar refractivity (Wildman–Crippen MR) is 159 cm³/mol. The molecule has 2 atom stereocenters. The maximum atomic E-state index is 15.0. The topological polar surface area (TPSA) is 111 Å². The van der Waals surface area contributed by atoms with Crippen molar-refractivity contribution in [1.29, 1.82) is 0 Å². The normalized spacial score (nSPS) is 18.7. The van der Waals surface area contributed by atoms with Crippen LogP contribution in [0.5, 0.6) is 23.0 Å². The number of halogens is 1. The molecule has 2 aromatic heterocycles. The summed E-state index contributed by atoms with van der Waals surface area (Å²) in [6.45, 7) is 4.31. The third kappa shape index (κ3) is 4.74. The summed E-state index contributed by atoms with van der Waals surface area (Å²) in [5.41, 5.74) is 3.16. The van der Waals surface area contributed by atoms with Gasteiger partial charge in [-0.05, 0) is 43.2 Å². The fraction of sp³-hybridized carbons (Fsp3) is 0.323. The minimum atomic E-state index is -1.33. The molecule has 1 fully saturated rings. The Morgan fingerprint density at radius 1 is 1.07 bits per heavy atom. The van der Waals surface area contributed by atoms with Crippen LogP contribution in [0.2, 0.25) is 0 Å². The van der Waals surface area contributed by atoms with Crippen LogP contribution in [0.15, 0.2) is 48.7 Å². The quantitative estimate of drug-likeness (QED) is 0.169. The van der Waals surface area contributed by atoms with Gasteiger partial charge in [0.05, 0.1) is 44.8 Å². The fourth-order valence-corrected chi connectivity index (χ4v) is 7.72. The lowest BCUT2D eigenvalue weighted by Crippen LogP contribution is -2.56. The van der Waals surface area contributed by atoms with E-state index in [9.17, 15) is 13.7 Å². The van der Waals surface area contributed by atoms with E-state index < -0.39 is 27.9 Å². The Hall–Kier alpha value is -4.29.